The van der Waals surface area contributed by atoms with E-state index in [1.165, 1.54) is 0 Å². The van der Waals surface area contributed by atoms with E-state index >= 15 is 0 Å². The van der Waals surface area contributed by atoms with Gasteiger partial charge in [-0.2, -0.15) is 0 Å². The van der Waals surface area contributed by atoms with E-state index in [9.17, 15) is 9.90 Å². The number of piperazine rings is 1. The van der Waals surface area contributed by atoms with Gasteiger partial charge in [0.1, 0.15) is 0 Å². The zero-order valence-corrected chi connectivity index (χ0v) is 14.5. The highest BCUT2D eigenvalue weighted by Crippen LogP contribution is 2.29. The van der Waals surface area contributed by atoms with Crippen LogP contribution in [-0.4, -0.2) is 83.6 Å². The van der Waals surface area contributed by atoms with Crippen molar-refractivity contribution in [1.29, 1.82) is 0 Å². The Labute approximate surface area is 144 Å². The van der Waals surface area contributed by atoms with Crippen LogP contribution in [0.15, 0.2) is 24.4 Å². The standard InChI is InChI=1S/C18H28N4O2/c1-20-10-12-22(13-11-20)17(23)14-21-8-5-15(6-9-21)18(24)16-4-2-3-7-19-16/h2-4,7,15,18,24H,5-6,8-14H2,1H3. The third-order valence-electron chi connectivity index (χ3n) is 5.28. The molecule has 2 saturated heterocycles. The normalized spacial score (nSPS) is 22.5. The number of amides is 1. The van der Waals surface area contributed by atoms with Gasteiger partial charge in [0.05, 0.1) is 18.3 Å². The zero-order chi connectivity index (χ0) is 16.9. The topological polar surface area (TPSA) is 59.9 Å². The highest BCUT2D eigenvalue weighted by Gasteiger charge is 2.28. The molecule has 1 amide bonds. The van der Waals surface area contributed by atoms with E-state index in [0.29, 0.717) is 6.54 Å². The number of aromatic nitrogens is 1. The second kappa shape index (κ2) is 8.05. The minimum Gasteiger partial charge on any atom is -0.387 e. The first-order valence-electron chi connectivity index (χ1n) is 8.91. The molecule has 132 valence electrons. The van der Waals surface area contributed by atoms with Crippen molar-refractivity contribution in [2.24, 2.45) is 5.92 Å². The summed E-state index contributed by atoms with van der Waals surface area (Å²) >= 11 is 0. The van der Waals surface area contributed by atoms with E-state index in [1.807, 2.05) is 23.1 Å². The van der Waals surface area contributed by atoms with Crippen LogP contribution in [0.1, 0.15) is 24.6 Å². The Kier molecular flexibility index (Phi) is 5.81. The van der Waals surface area contributed by atoms with Crippen molar-refractivity contribution in [2.45, 2.75) is 18.9 Å². The van der Waals surface area contributed by atoms with E-state index in [-0.39, 0.29) is 11.8 Å². The zero-order valence-electron chi connectivity index (χ0n) is 14.5. The average molecular weight is 332 g/mol. The molecule has 0 bridgehead atoms. The molecule has 1 unspecified atom stereocenters. The summed E-state index contributed by atoms with van der Waals surface area (Å²) in [5.41, 5.74) is 0.754. The van der Waals surface area contributed by atoms with Gasteiger partial charge in [0.15, 0.2) is 0 Å². The van der Waals surface area contributed by atoms with Gasteiger partial charge in [0, 0.05) is 32.4 Å². The first-order valence-corrected chi connectivity index (χ1v) is 8.91. The molecule has 2 fully saturated rings. The number of likely N-dealkylation sites (tertiary alicyclic amines) is 1. The average Bonchev–Trinajstić information content (AvgIpc) is 2.63. The first-order chi connectivity index (χ1) is 11.6. The van der Waals surface area contributed by atoms with Crippen molar-refractivity contribution < 1.29 is 9.90 Å². The van der Waals surface area contributed by atoms with Crippen LogP contribution in [0.4, 0.5) is 0 Å². The van der Waals surface area contributed by atoms with Crippen molar-refractivity contribution in [1.82, 2.24) is 19.7 Å². The van der Waals surface area contributed by atoms with Crippen LogP contribution in [0.5, 0.6) is 0 Å². The second-order valence-corrected chi connectivity index (χ2v) is 7.00. The minimum atomic E-state index is -0.498. The molecule has 0 spiro atoms. The summed E-state index contributed by atoms with van der Waals surface area (Å²) in [6.07, 6.45) is 3.05. The maximum Gasteiger partial charge on any atom is 0.236 e. The fraction of sp³-hybridized carbons (Fsp3) is 0.667. The number of piperidine rings is 1. The molecule has 6 nitrogen and oxygen atoms in total. The van der Waals surface area contributed by atoms with Gasteiger partial charge in [-0.1, -0.05) is 6.07 Å². The lowest BCUT2D eigenvalue weighted by Crippen LogP contribution is -2.51. The summed E-state index contributed by atoms with van der Waals surface area (Å²) in [5.74, 6) is 0.474. The molecule has 2 aliphatic heterocycles. The van der Waals surface area contributed by atoms with Gasteiger partial charge in [-0.05, 0) is 51.0 Å². The third-order valence-corrected chi connectivity index (χ3v) is 5.28. The predicted molar refractivity (Wildman–Crippen MR) is 92.4 cm³/mol. The van der Waals surface area contributed by atoms with Gasteiger partial charge in [-0.3, -0.25) is 14.7 Å². The van der Waals surface area contributed by atoms with E-state index in [1.54, 1.807) is 6.20 Å². The molecular weight excluding hydrogens is 304 g/mol. The lowest BCUT2D eigenvalue weighted by atomic mass is 9.89. The Balaban J connectivity index is 1.44. The molecule has 24 heavy (non-hydrogen) atoms. The van der Waals surface area contributed by atoms with Gasteiger partial charge < -0.3 is 14.9 Å². The highest BCUT2D eigenvalue weighted by molar-refractivity contribution is 5.78. The molecule has 1 aromatic rings. The predicted octanol–water partition coefficient (Wildman–Crippen LogP) is 0.601. The Morgan fingerprint density at radius 3 is 2.54 bits per heavy atom. The van der Waals surface area contributed by atoms with Gasteiger partial charge in [0.25, 0.3) is 0 Å². The van der Waals surface area contributed by atoms with Gasteiger partial charge in [0.2, 0.25) is 5.91 Å². The summed E-state index contributed by atoms with van der Waals surface area (Å²) in [7, 11) is 2.10. The van der Waals surface area contributed by atoms with Crippen molar-refractivity contribution in [3.63, 3.8) is 0 Å². The molecule has 6 heteroatoms. The van der Waals surface area contributed by atoms with Crippen LogP contribution in [-0.2, 0) is 4.79 Å². The molecule has 1 aromatic heterocycles. The molecule has 3 heterocycles. The molecule has 0 aliphatic carbocycles. The second-order valence-electron chi connectivity index (χ2n) is 7.00. The number of nitrogens with zero attached hydrogens (tertiary/aromatic N) is 4. The Morgan fingerprint density at radius 2 is 1.92 bits per heavy atom. The van der Waals surface area contributed by atoms with Crippen LogP contribution in [0, 0.1) is 5.92 Å². The van der Waals surface area contributed by atoms with Crippen LogP contribution in [0.2, 0.25) is 0 Å². The molecule has 2 aliphatic rings. The number of aliphatic hydroxyl groups is 1. The fourth-order valence-electron chi connectivity index (χ4n) is 3.57. The van der Waals surface area contributed by atoms with Crippen molar-refractivity contribution >= 4 is 5.91 Å². The van der Waals surface area contributed by atoms with Crippen LogP contribution >= 0.6 is 0 Å². The maximum atomic E-state index is 12.4. The van der Waals surface area contributed by atoms with E-state index in [2.05, 4.69) is 21.8 Å². The van der Waals surface area contributed by atoms with Crippen molar-refractivity contribution in [3.8, 4) is 0 Å². The van der Waals surface area contributed by atoms with Crippen molar-refractivity contribution in [2.75, 3.05) is 52.9 Å². The molecule has 1 N–H and O–H groups in total. The molecule has 0 aromatic carbocycles. The van der Waals surface area contributed by atoms with Gasteiger partial charge in [-0.25, -0.2) is 0 Å². The summed E-state index contributed by atoms with van der Waals surface area (Å²) in [6.45, 7) is 5.85. The summed E-state index contributed by atoms with van der Waals surface area (Å²) in [4.78, 5) is 23.1. The Bertz CT molecular complexity index is 523. The Hall–Kier alpha value is -1.50. The van der Waals surface area contributed by atoms with Crippen LogP contribution in [0.25, 0.3) is 0 Å². The number of carbonyl (C=O) groups is 1. The van der Waals surface area contributed by atoms with Crippen molar-refractivity contribution in [3.05, 3.63) is 30.1 Å². The van der Waals surface area contributed by atoms with Crippen LogP contribution < -0.4 is 0 Å². The number of hydrogen-bond donors (Lipinski definition) is 1. The largest absolute Gasteiger partial charge is 0.387 e. The lowest BCUT2D eigenvalue weighted by molar-refractivity contribution is -0.134. The quantitative estimate of drug-likeness (QED) is 0.875. The number of rotatable bonds is 4. The number of aliphatic hydroxyl groups excluding tert-OH is 1. The fourth-order valence-corrected chi connectivity index (χ4v) is 3.57. The minimum absolute atomic E-state index is 0.231. The van der Waals surface area contributed by atoms with Gasteiger partial charge in [-0.15, -0.1) is 0 Å². The first kappa shape index (κ1) is 17.3. The number of likely N-dealkylation sites (N-methyl/N-ethyl adjacent to an activating group) is 1. The SMILES string of the molecule is CN1CCN(C(=O)CN2CCC(C(O)c3ccccn3)CC2)CC1. The molecular formula is C18H28N4O2. The lowest BCUT2D eigenvalue weighted by Gasteiger charge is -2.36. The monoisotopic (exact) mass is 332 g/mol. The number of carbonyl (C=O) groups excluding carboxylic acids is 1. The summed E-state index contributed by atoms with van der Waals surface area (Å²) in [6, 6.07) is 5.66. The molecule has 0 saturated carbocycles. The molecule has 1 atom stereocenters. The smallest absolute Gasteiger partial charge is 0.236 e. The summed E-state index contributed by atoms with van der Waals surface area (Å²) in [5, 5.41) is 10.5. The Morgan fingerprint density at radius 1 is 1.21 bits per heavy atom. The van der Waals surface area contributed by atoms with Gasteiger partial charge >= 0.3 is 0 Å². The maximum absolute atomic E-state index is 12.4. The summed E-state index contributed by atoms with van der Waals surface area (Å²) < 4.78 is 0. The third kappa shape index (κ3) is 4.32. The van der Waals surface area contributed by atoms with E-state index in [4.69, 9.17) is 0 Å². The van der Waals surface area contributed by atoms with E-state index in [0.717, 1.165) is 57.8 Å². The number of hydrogen-bond acceptors (Lipinski definition) is 5. The van der Waals surface area contributed by atoms with E-state index < -0.39 is 6.10 Å². The number of pyridine rings is 1. The van der Waals surface area contributed by atoms with Crippen LogP contribution in [0.3, 0.4) is 0 Å². The highest BCUT2D eigenvalue weighted by atomic mass is 16.3. The molecule has 3 rings (SSSR count). The molecule has 0 radical (unpaired) electrons.